The number of nitrogens with one attached hydrogen (secondary N) is 2. The standard InChI is InChI=1S/C26H37N5O8/c1-15(32)20(22(27)34)28-23(35)18-10-6-12-30(18)24(36)19-11-7-13-31(19)25(37)21(16(2)33)29-26(38)39-14-17-8-4-3-5-9-17/h3-5,8-9,15-16,18-21,32-33H,6-7,10-14H2,1-2H3,(H2,27,34)(H,28,35)(H,29,38)/t15-,16-,18+,19+,20+,21+/m1/s1. The van der Waals surface area contributed by atoms with Gasteiger partial charge in [-0.15, -0.1) is 0 Å². The Balaban J connectivity index is 1.66. The van der Waals surface area contributed by atoms with Gasteiger partial charge in [0.2, 0.25) is 23.6 Å². The van der Waals surface area contributed by atoms with Crippen LogP contribution in [0, 0.1) is 0 Å². The van der Waals surface area contributed by atoms with Crippen molar-refractivity contribution in [3.8, 4) is 0 Å². The van der Waals surface area contributed by atoms with Crippen molar-refractivity contribution in [1.29, 1.82) is 0 Å². The van der Waals surface area contributed by atoms with Gasteiger partial charge in [-0.3, -0.25) is 19.2 Å². The van der Waals surface area contributed by atoms with Crippen molar-refractivity contribution in [3.63, 3.8) is 0 Å². The highest BCUT2D eigenvalue weighted by Gasteiger charge is 2.44. The van der Waals surface area contributed by atoms with Crippen LogP contribution in [-0.2, 0) is 30.5 Å². The number of aliphatic hydroxyl groups excluding tert-OH is 2. The summed E-state index contributed by atoms with van der Waals surface area (Å²) < 4.78 is 5.18. The van der Waals surface area contributed by atoms with E-state index in [-0.39, 0.29) is 19.7 Å². The second kappa shape index (κ2) is 13.4. The zero-order chi connectivity index (χ0) is 28.7. The van der Waals surface area contributed by atoms with Crippen molar-refractivity contribution < 1.29 is 38.9 Å². The number of hydrogen-bond donors (Lipinski definition) is 5. The monoisotopic (exact) mass is 547 g/mol. The number of alkyl carbamates (subject to hydrolysis) is 1. The third-order valence-electron chi connectivity index (χ3n) is 6.98. The normalized spacial score (nSPS) is 21.9. The second-order valence-corrected chi connectivity index (χ2v) is 9.93. The summed E-state index contributed by atoms with van der Waals surface area (Å²) in [6.07, 6.45) is -1.64. The fourth-order valence-corrected chi connectivity index (χ4v) is 4.92. The van der Waals surface area contributed by atoms with Crippen LogP contribution in [-0.4, -0.2) is 99.2 Å². The van der Waals surface area contributed by atoms with Crippen LogP contribution in [0.4, 0.5) is 4.79 Å². The molecule has 3 rings (SSSR count). The third-order valence-corrected chi connectivity index (χ3v) is 6.98. The number of hydrogen-bond acceptors (Lipinski definition) is 8. The van der Waals surface area contributed by atoms with Gasteiger partial charge < -0.3 is 41.1 Å². The first-order chi connectivity index (χ1) is 18.5. The Hall–Kier alpha value is -3.71. The first kappa shape index (κ1) is 29.8. The molecule has 13 nitrogen and oxygen atoms in total. The molecule has 0 aromatic heterocycles. The zero-order valence-electron chi connectivity index (χ0n) is 22.1. The Kier molecular flexibility index (Phi) is 10.2. The minimum Gasteiger partial charge on any atom is -0.445 e. The Morgan fingerprint density at radius 3 is 2.10 bits per heavy atom. The summed E-state index contributed by atoms with van der Waals surface area (Å²) in [4.78, 5) is 66.5. The van der Waals surface area contributed by atoms with Crippen molar-refractivity contribution in [2.24, 2.45) is 5.73 Å². The number of nitrogens with two attached hydrogens (primary N) is 1. The van der Waals surface area contributed by atoms with Crippen LogP contribution in [0.1, 0.15) is 45.1 Å². The minimum atomic E-state index is -1.35. The lowest BCUT2D eigenvalue weighted by atomic mass is 10.1. The molecule has 0 saturated carbocycles. The fourth-order valence-electron chi connectivity index (χ4n) is 4.92. The van der Waals surface area contributed by atoms with Gasteiger partial charge in [-0.2, -0.15) is 0 Å². The molecular weight excluding hydrogens is 510 g/mol. The van der Waals surface area contributed by atoms with Crippen LogP contribution < -0.4 is 16.4 Å². The molecule has 2 saturated heterocycles. The first-order valence-corrected chi connectivity index (χ1v) is 13.0. The summed E-state index contributed by atoms with van der Waals surface area (Å²) in [6.45, 7) is 3.15. The number of likely N-dealkylation sites (tertiary alicyclic amines) is 2. The molecule has 214 valence electrons. The van der Waals surface area contributed by atoms with Crippen LogP contribution in [0.15, 0.2) is 30.3 Å². The number of ether oxygens (including phenoxy) is 1. The molecule has 1 aromatic carbocycles. The third kappa shape index (κ3) is 7.45. The molecule has 6 atom stereocenters. The van der Waals surface area contributed by atoms with E-state index in [0.29, 0.717) is 25.7 Å². The molecule has 2 aliphatic rings. The summed E-state index contributed by atoms with van der Waals surface area (Å²) in [5.74, 6) is -2.60. The van der Waals surface area contributed by atoms with Crippen LogP contribution in [0.3, 0.4) is 0 Å². The highest BCUT2D eigenvalue weighted by molar-refractivity contribution is 5.96. The lowest BCUT2D eigenvalue weighted by Crippen LogP contribution is -2.59. The number of rotatable bonds is 10. The van der Waals surface area contributed by atoms with E-state index >= 15 is 0 Å². The Bertz CT molecular complexity index is 1050. The van der Waals surface area contributed by atoms with Gasteiger partial charge in [0.15, 0.2) is 0 Å². The maximum absolute atomic E-state index is 13.5. The van der Waals surface area contributed by atoms with Crippen molar-refractivity contribution in [1.82, 2.24) is 20.4 Å². The summed E-state index contributed by atoms with van der Waals surface area (Å²) in [5, 5.41) is 24.9. The van der Waals surface area contributed by atoms with Crippen LogP contribution in [0.5, 0.6) is 0 Å². The molecule has 0 bridgehead atoms. The van der Waals surface area contributed by atoms with Crippen molar-refractivity contribution in [2.75, 3.05) is 13.1 Å². The van der Waals surface area contributed by atoms with Gasteiger partial charge >= 0.3 is 6.09 Å². The number of carbonyl (C=O) groups is 5. The number of benzene rings is 1. The zero-order valence-corrected chi connectivity index (χ0v) is 22.1. The smallest absolute Gasteiger partial charge is 0.408 e. The van der Waals surface area contributed by atoms with E-state index in [1.54, 1.807) is 24.3 Å². The van der Waals surface area contributed by atoms with Gasteiger partial charge in [-0.05, 0) is 45.1 Å². The van der Waals surface area contributed by atoms with Gasteiger partial charge in [-0.25, -0.2) is 4.79 Å². The van der Waals surface area contributed by atoms with E-state index in [4.69, 9.17) is 10.5 Å². The molecule has 13 heteroatoms. The molecule has 39 heavy (non-hydrogen) atoms. The van der Waals surface area contributed by atoms with Gasteiger partial charge in [0.25, 0.3) is 0 Å². The molecule has 2 fully saturated rings. The number of aliphatic hydroxyl groups is 2. The van der Waals surface area contributed by atoms with Crippen LogP contribution in [0.2, 0.25) is 0 Å². The molecule has 0 unspecified atom stereocenters. The Morgan fingerprint density at radius 2 is 1.51 bits per heavy atom. The van der Waals surface area contributed by atoms with E-state index in [1.807, 2.05) is 6.07 Å². The maximum Gasteiger partial charge on any atom is 0.408 e. The Morgan fingerprint density at radius 1 is 0.923 bits per heavy atom. The van der Waals surface area contributed by atoms with Crippen molar-refractivity contribution in [2.45, 2.75) is 82.5 Å². The maximum atomic E-state index is 13.5. The summed E-state index contributed by atoms with van der Waals surface area (Å²) in [7, 11) is 0. The van der Waals surface area contributed by atoms with E-state index in [1.165, 1.54) is 23.6 Å². The minimum absolute atomic E-state index is 0.0255. The number of carbonyl (C=O) groups excluding carboxylic acids is 5. The Labute approximate surface area is 226 Å². The molecule has 6 N–H and O–H groups in total. The van der Waals surface area contributed by atoms with Crippen molar-refractivity contribution >= 4 is 29.7 Å². The highest BCUT2D eigenvalue weighted by Crippen LogP contribution is 2.26. The number of primary amides is 1. The molecular formula is C26H37N5O8. The largest absolute Gasteiger partial charge is 0.445 e. The summed E-state index contributed by atoms with van der Waals surface area (Å²) in [6, 6.07) is 4.52. The lowest BCUT2D eigenvalue weighted by Gasteiger charge is -2.33. The van der Waals surface area contributed by atoms with Gasteiger partial charge in [0.05, 0.1) is 12.2 Å². The van der Waals surface area contributed by atoms with Crippen molar-refractivity contribution in [3.05, 3.63) is 35.9 Å². The van der Waals surface area contributed by atoms with Crippen LogP contribution in [0.25, 0.3) is 0 Å². The molecule has 2 aliphatic heterocycles. The number of nitrogens with zero attached hydrogens (tertiary/aromatic N) is 2. The molecule has 5 amide bonds. The molecule has 0 spiro atoms. The van der Waals surface area contributed by atoms with Gasteiger partial charge in [0, 0.05) is 13.1 Å². The second-order valence-electron chi connectivity index (χ2n) is 9.93. The van der Waals surface area contributed by atoms with Gasteiger partial charge in [0.1, 0.15) is 30.8 Å². The van der Waals surface area contributed by atoms with E-state index < -0.39 is 66.1 Å². The molecule has 0 radical (unpaired) electrons. The average Bonchev–Trinajstić information content (AvgIpc) is 3.59. The molecule has 1 aromatic rings. The number of amides is 5. The molecule has 2 heterocycles. The predicted octanol–water partition coefficient (Wildman–Crippen LogP) is -1.00. The average molecular weight is 548 g/mol. The fraction of sp³-hybridized carbons (Fsp3) is 0.577. The van der Waals surface area contributed by atoms with E-state index in [0.717, 1.165) is 5.56 Å². The summed E-state index contributed by atoms with van der Waals surface area (Å²) in [5.41, 5.74) is 6.02. The highest BCUT2D eigenvalue weighted by atomic mass is 16.5. The predicted molar refractivity (Wildman–Crippen MR) is 138 cm³/mol. The molecule has 0 aliphatic carbocycles. The SMILES string of the molecule is C[C@@H](O)[C@H](NC(=O)[C@@H]1CCCN1C(=O)[C@@H]1CCCN1C(=O)[C@@H](NC(=O)OCc1ccccc1)[C@@H](C)O)C(N)=O. The quantitative estimate of drug-likeness (QED) is 0.246. The topological polar surface area (TPSA) is 192 Å². The van der Waals surface area contributed by atoms with Gasteiger partial charge in [-0.1, -0.05) is 30.3 Å². The van der Waals surface area contributed by atoms with Crippen LogP contribution >= 0.6 is 0 Å². The van der Waals surface area contributed by atoms with E-state index in [2.05, 4.69) is 10.6 Å². The lowest BCUT2D eigenvalue weighted by molar-refractivity contribution is -0.148. The van der Waals surface area contributed by atoms with E-state index in [9.17, 15) is 34.2 Å². The summed E-state index contributed by atoms with van der Waals surface area (Å²) >= 11 is 0. The first-order valence-electron chi connectivity index (χ1n) is 13.0.